The molecular formula is C16H28N4. The van der Waals surface area contributed by atoms with Gasteiger partial charge in [0, 0.05) is 30.8 Å². The second kappa shape index (κ2) is 5.90. The molecule has 20 heavy (non-hydrogen) atoms. The minimum absolute atomic E-state index is 0.102. The number of rotatable bonds is 0. The monoisotopic (exact) mass is 276 g/mol. The normalized spacial score (nSPS) is 15.4. The average molecular weight is 276 g/mol. The molecule has 0 saturated heterocycles. The van der Waals surface area contributed by atoms with Gasteiger partial charge in [0.1, 0.15) is 12.2 Å². The van der Waals surface area contributed by atoms with Crippen LogP contribution in [-0.2, 0) is 12.5 Å². The van der Waals surface area contributed by atoms with Gasteiger partial charge in [0.2, 0.25) is 0 Å². The van der Waals surface area contributed by atoms with Crippen LogP contribution in [0.4, 0.5) is 0 Å². The Balaban J connectivity index is 0.000000200. The highest BCUT2D eigenvalue weighted by Gasteiger charge is 2.20. The van der Waals surface area contributed by atoms with Gasteiger partial charge in [0.05, 0.1) is 0 Å². The summed E-state index contributed by atoms with van der Waals surface area (Å²) in [5.41, 5.74) is 3.10. The first-order chi connectivity index (χ1) is 9.03. The first-order valence-corrected chi connectivity index (χ1v) is 7.10. The number of aliphatic imine (C=N–C) groups is 1. The maximum absolute atomic E-state index is 4.24. The van der Waals surface area contributed by atoms with Gasteiger partial charge in [-0.2, -0.15) is 0 Å². The SMILES string of the molecule is CC1=C(C(C)(C)C)CC=N1.Cn1cnnc1C(C)(C)C. The summed E-state index contributed by atoms with van der Waals surface area (Å²) in [6.07, 6.45) is 4.77. The Bertz CT molecular complexity index is 507. The maximum Gasteiger partial charge on any atom is 0.137 e. The molecule has 0 unspecified atom stereocenters. The van der Waals surface area contributed by atoms with Crippen LogP contribution in [0.15, 0.2) is 22.6 Å². The van der Waals surface area contributed by atoms with Gasteiger partial charge in [-0.25, -0.2) is 0 Å². The van der Waals surface area contributed by atoms with Crippen LogP contribution in [0.3, 0.4) is 0 Å². The van der Waals surface area contributed by atoms with Crippen molar-refractivity contribution < 1.29 is 0 Å². The Morgan fingerprint density at radius 1 is 1.05 bits per heavy atom. The van der Waals surface area contributed by atoms with Gasteiger partial charge < -0.3 is 4.57 Å². The second-order valence-electron chi connectivity index (χ2n) is 7.35. The van der Waals surface area contributed by atoms with E-state index in [2.05, 4.69) is 63.7 Å². The van der Waals surface area contributed by atoms with E-state index in [4.69, 9.17) is 0 Å². The highest BCUT2D eigenvalue weighted by atomic mass is 15.3. The molecule has 0 aromatic carbocycles. The molecule has 1 aliphatic rings. The van der Waals surface area contributed by atoms with Crippen LogP contribution in [0.2, 0.25) is 0 Å². The van der Waals surface area contributed by atoms with Crippen molar-refractivity contribution in [3.8, 4) is 0 Å². The van der Waals surface area contributed by atoms with Gasteiger partial charge in [-0.15, -0.1) is 10.2 Å². The first kappa shape index (κ1) is 16.6. The van der Waals surface area contributed by atoms with Crippen molar-refractivity contribution in [1.29, 1.82) is 0 Å². The highest BCUT2D eigenvalue weighted by molar-refractivity contribution is 5.67. The zero-order chi connectivity index (χ0) is 15.6. The Labute approximate surface area is 123 Å². The fourth-order valence-electron chi connectivity index (χ4n) is 2.31. The van der Waals surface area contributed by atoms with Gasteiger partial charge in [0.25, 0.3) is 0 Å². The van der Waals surface area contributed by atoms with E-state index < -0.39 is 0 Å². The molecule has 2 rings (SSSR count). The standard InChI is InChI=1S/C9H15N.C7H13N3/c1-7-8(5-6-10-7)9(2,3)4;1-7(2,3)6-9-8-5-10(6)4/h6H,5H2,1-4H3;5H,1-4H3. The smallest absolute Gasteiger partial charge is 0.137 e. The van der Waals surface area contributed by atoms with Crippen molar-refractivity contribution in [1.82, 2.24) is 14.8 Å². The zero-order valence-corrected chi connectivity index (χ0v) is 14.2. The molecule has 0 spiro atoms. The summed E-state index contributed by atoms with van der Waals surface area (Å²) in [5, 5.41) is 7.80. The van der Waals surface area contributed by atoms with Gasteiger partial charge in [-0.1, -0.05) is 41.5 Å². The van der Waals surface area contributed by atoms with Crippen LogP contribution in [0.1, 0.15) is 60.7 Å². The Hall–Kier alpha value is -1.45. The molecule has 2 heterocycles. The molecular weight excluding hydrogens is 248 g/mol. The number of allylic oxidation sites excluding steroid dienone is 2. The van der Waals surface area contributed by atoms with Crippen LogP contribution in [0.25, 0.3) is 0 Å². The molecule has 1 aromatic rings. The van der Waals surface area contributed by atoms with E-state index in [1.807, 2.05) is 17.8 Å². The molecule has 0 amide bonds. The number of hydrogen-bond donors (Lipinski definition) is 0. The van der Waals surface area contributed by atoms with Crippen molar-refractivity contribution in [2.75, 3.05) is 0 Å². The van der Waals surface area contributed by atoms with Crippen molar-refractivity contribution in [3.05, 3.63) is 23.4 Å². The fraction of sp³-hybridized carbons (Fsp3) is 0.688. The zero-order valence-electron chi connectivity index (χ0n) is 14.2. The van der Waals surface area contributed by atoms with Crippen LogP contribution in [0.5, 0.6) is 0 Å². The molecule has 0 atom stereocenters. The summed E-state index contributed by atoms with van der Waals surface area (Å²) in [5.74, 6) is 1.02. The predicted octanol–water partition coefficient (Wildman–Crippen LogP) is 3.89. The minimum atomic E-state index is 0.102. The van der Waals surface area contributed by atoms with Crippen molar-refractivity contribution in [2.45, 2.75) is 60.3 Å². The van der Waals surface area contributed by atoms with Crippen LogP contribution in [-0.4, -0.2) is 21.0 Å². The third-order valence-electron chi connectivity index (χ3n) is 3.30. The molecule has 0 N–H and O–H groups in total. The van der Waals surface area contributed by atoms with Gasteiger partial charge >= 0.3 is 0 Å². The molecule has 0 radical (unpaired) electrons. The van der Waals surface area contributed by atoms with E-state index in [1.165, 1.54) is 11.3 Å². The van der Waals surface area contributed by atoms with E-state index in [9.17, 15) is 0 Å². The lowest BCUT2D eigenvalue weighted by Crippen LogP contribution is -2.17. The summed E-state index contributed by atoms with van der Waals surface area (Å²) in [6.45, 7) is 15.2. The van der Waals surface area contributed by atoms with E-state index in [-0.39, 0.29) is 5.41 Å². The molecule has 0 aliphatic carbocycles. The Morgan fingerprint density at radius 2 is 1.65 bits per heavy atom. The average Bonchev–Trinajstić information content (AvgIpc) is 2.85. The molecule has 1 aliphatic heterocycles. The quantitative estimate of drug-likeness (QED) is 0.721. The van der Waals surface area contributed by atoms with Crippen LogP contribution in [0, 0.1) is 5.41 Å². The highest BCUT2D eigenvalue weighted by Crippen LogP contribution is 2.32. The topological polar surface area (TPSA) is 43.1 Å². The van der Waals surface area contributed by atoms with Gasteiger partial charge in [-0.05, 0) is 17.9 Å². The van der Waals surface area contributed by atoms with E-state index in [1.54, 1.807) is 6.33 Å². The lowest BCUT2D eigenvalue weighted by Gasteiger charge is -2.20. The van der Waals surface area contributed by atoms with Crippen molar-refractivity contribution in [2.24, 2.45) is 17.5 Å². The van der Waals surface area contributed by atoms with Gasteiger partial charge in [0.15, 0.2) is 0 Å². The van der Waals surface area contributed by atoms with E-state index >= 15 is 0 Å². The number of nitrogens with zero attached hydrogens (tertiary/aromatic N) is 4. The first-order valence-electron chi connectivity index (χ1n) is 7.10. The summed E-state index contributed by atoms with van der Waals surface area (Å²) in [6, 6.07) is 0. The molecule has 0 bridgehead atoms. The summed E-state index contributed by atoms with van der Waals surface area (Å²) in [4.78, 5) is 4.24. The minimum Gasteiger partial charge on any atom is -0.320 e. The van der Waals surface area contributed by atoms with Crippen LogP contribution < -0.4 is 0 Å². The molecule has 1 aromatic heterocycles. The van der Waals surface area contributed by atoms with E-state index in [0.29, 0.717) is 5.41 Å². The third-order valence-corrected chi connectivity index (χ3v) is 3.30. The molecule has 112 valence electrons. The van der Waals surface area contributed by atoms with Crippen molar-refractivity contribution in [3.63, 3.8) is 0 Å². The lowest BCUT2D eigenvalue weighted by atomic mass is 9.84. The molecule has 4 nitrogen and oxygen atoms in total. The van der Waals surface area contributed by atoms with Crippen molar-refractivity contribution >= 4 is 6.21 Å². The Morgan fingerprint density at radius 3 is 1.85 bits per heavy atom. The van der Waals surface area contributed by atoms with E-state index in [0.717, 1.165) is 12.2 Å². The number of hydrogen-bond acceptors (Lipinski definition) is 3. The lowest BCUT2D eigenvalue weighted by molar-refractivity contribution is 0.495. The molecule has 0 fully saturated rings. The number of aromatic nitrogens is 3. The summed E-state index contributed by atoms with van der Waals surface area (Å²) >= 11 is 0. The predicted molar refractivity (Wildman–Crippen MR) is 85.0 cm³/mol. The largest absolute Gasteiger partial charge is 0.320 e. The fourth-order valence-corrected chi connectivity index (χ4v) is 2.31. The Kier molecular flexibility index (Phi) is 4.90. The summed E-state index contributed by atoms with van der Waals surface area (Å²) < 4.78 is 1.94. The van der Waals surface area contributed by atoms with Crippen LogP contribution >= 0.6 is 0 Å². The van der Waals surface area contributed by atoms with Gasteiger partial charge in [-0.3, -0.25) is 4.99 Å². The summed E-state index contributed by atoms with van der Waals surface area (Å²) in [7, 11) is 1.96. The number of aryl methyl sites for hydroxylation is 1. The molecule has 4 heteroatoms. The molecule has 0 saturated carbocycles. The maximum atomic E-state index is 4.24. The third kappa shape index (κ3) is 4.29. The second-order valence-corrected chi connectivity index (χ2v) is 7.35.